The fraction of sp³-hybridized carbons (Fsp3) is 0.560. The van der Waals surface area contributed by atoms with Gasteiger partial charge in [-0.1, -0.05) is 43.7 Å². The number of nitrogens with zero attached hydrogens (tertiary/aromatic N) is 4. The van der Waals surface area contributed by atoms with E-state index < -0.39 is 0 Å². The normalized spacial score (nSPS) is 17.9. The smallest absolute Gasteiger partial charge is 0.226 e. The van der Waals surface area contributed by atoms with Crippen molar-refractivity contribution in [2.45, 2.75) is 64.2 Å². The highest BCUT2D eigenvalue weighted by Crippen LogP contribution is 2.30. The Morgan fingerprint density at radius 2 is 1.84 bits per heavy atom. The maximum atomic E-state index is 15.1. The van der Waals surface area contributed by atoms with Crippen LogP contribution in [0, 0.1) is 11.7 Å². The number of fused-ring (bicyclic) bond motifs is 1. The van der Waals surface area contributed by atoms with Crippen LogP contribution < -0.4 is 10.3 Å². The summed E-state index contributed by atoms with van der Waals surface area (Å²) in [6.07, 6.45) is 13.2. The highest BCUT2D eigenvalue weighted by atomic mass is 19.1. The number of benzene rings is 1. The zero-order valence-corrected chi connectivity index (χ0v) is 18.8. The van der Waals surface area contributed by atoms with Crippen LogP contribution in [-0.2, 0) is 13.5 Å². The minimum atomic E-state index is -0.348. The van der Waals surface area contributed by atoms with Crippen molar-refractivity contribution in [3.05, 3.63) is 40.3 Å². The lowest BCUT2D eigenvalue weighted by Gasteiger charge is -2.24. The summed E-state index contributed by atoms with van der Waals surface area (Å²) >= 11 is 0. The van der Waals surface area contributed by atoms with Crippen LogP contribution in [0.5, 0.6) is 0 Å². The molecule has 5 rings (SSSR count). The van der Waals surface area contributed by atoms with Gasteiger partial charge in [-0.15, -0.1) is 0 Å². The molecular weight excluding hydrogens is 407 g/mol. The summed E-state index contributed by atoms with van der Waals surface area (Å²) < 4.78 is 22.4. The monoisotopic (exact) mass is 438 g/mol. The van der Waals surface area contributed by atoms with Crippen molar-refractivity contribution in [3.63, 3.8) is 0 Å². The Balaban J connectivity index is 1.45. The first-order valence-corrected chi connectivity index (χ1v) is 12.0. The van der Waals surface area contributed by atoms with E-state index in [1.165, 1.54) is 44.6 Å². The summed E-state index contributed by atoms with van der Waals surface area (Å²) in [5.41, 5.74) is 1.38. The van der Waals surface area contributed by atoms with E-state index in [0.717, 1.165) is 44.7 Å². The molecule has 1 saturated heterocycles. The Morgan fingerprint density at radius 3 is 2.59 bits per heavy atom. The van der Waals surface area contributed by atoms with E-state index in [1.54, 1.807) is 6.20 Å². The van der Waals surface area contributed by atoms with Gasteiger partial charge in [0.05, 0.1) is 16.8 Å². The minimum Gasteiger partial charge on any atom is -0.369 e. The molecule has 0 unspecified atom stereocenters. The second kappa shape index (κ2) is 9.04. The molecule has 1 aromatic carbocycles. The second-order valence-electron chi connectivity index (χ2n) is 9.41. The zero-order chi connectivity index (χ0) is 22.1. The summed E-state index contributed by atoms with van der Waals surface area (Å²) in [4.78, 5) is 19.8. The van der Waals surface area contributed by atoms with Crippen molar-refractivity contribution in [2.24, 2.45) is 13.0 Å². The fourth-order valence-electron chi connectivity index (χ4n) is 5.30. The van der Waals surface area contributed by atoms with Gasteiger partial charge >= 0.3 is 0 Å². The maximum absolute atomic E-state index is 15.1. The average Bonchev–Trinajstić information content (AvgIpc) is 3.41. The van der Waals surface area contributed by atoms with E-state index in [4.69, 9.17) is 4.52 Å². The molecule has 3 aromatic rings. The molecule has 32 heavy (non-hydrogen) atoms. The molecule has 1 saturated carbocycles. The number of rotatable bonds is 5. The van der Waals surface area contributed by atoms with E-state index in [1.807, 2.05) is 17.7 Å². The summed E-state index contributed by atoms with van der Waals surface area (Å²) in [5, 5.41) is 4.41. The van der Waals surface area contributed by atoms with Gasteiger partial charge in [-0.05, 0) is 37.3 Å². The molecule has 1 aliphatic carbocycles. The molecular formula is C25H31FN4O2. The molecule has 0 atom stereocenters. The molecule has 7 heteroatoms. The molecule has 2 aromatic heterocycles. The van der Waals surface area contributed by atoms with Crippen molar-refractivity contribution in [1.29, 1.82) is 0 Å². The minimum absolute atomic E-state index is 0.262. The predicted octanol–water partition coefficient (Wildman–Crippen LogP) is 5.23. The van der Waals surface area contributed by atoms with E-state index in [-0.39, 0.29) is 17.1 Å². The fourth-order valence-corrected chi connectivity index (χ4v) is 5.30. The van der Waals surface area contributed by atoms with Gasteiger partial charge in [0, 0.05) is 38.1 Å². The van der Waals surface area contributed by atoms with Crippen LogP contribution in [0.4, 0.5) is 10.1 Å². The molecule has 6 nitrogen and oxygen atoms in total. The lowest BCUT2D eigenvalue weighted by Crippen LogP contribution is -2.25. The Labute approximate surface area is 187 Å². The number of pyridine rings is 1. The molecule has 0 N–H and O–H groups in total. The van der Waals surface area contributed by atoms with Gasteiger partial charge in [0.2, 0.25) is 17.1 Å². The van der Waals surface area contributed by atoms with Crippen molar-refractivity contribution < 1.29 is 8.91 Å². The van der Waals surface area contributed by atoms with Gasteiger partial charge in [0.1, 0.15) is 5.82 Å². The number of anilines is 1. The van der Waals surface area contributed by atoms with Gasteiger partial charge in [-0.2, -0.15) is 4.98 Å². The van der Waals surface area contributed by atoms with E-state index in [9.17, 15) is 4.79 Å². The molecule has 170 valence electrons. The highest BCUT2D eigenvalue weighted by Gasteiger charge is 2.21. The van der Waals surface area contributed by atoms with Crippen LogP contribution in [0.3, 0.4) is 0 Å². The number of aromatic nitrogens is 3. The van der Waals surface area contributed by atoms with Gasteiger partial charge in [-0.25, -0.2) is 4.39 Å². The molecule has 2 fully saturated rings. The molecule has 0 amide bonds. The standard InChI is InChI=1S/C25H31FN4O2/c1-29-16-19(25-27-23(32-28-25)11-10-17-8-4-5-9-17)24(31)18-14-20(26)22(15-21(18)29)30-12-6-2-3-7-13-30/h14-17H,2-13H2,1H3. The third kappa shape index (κ3) is 4.17. The van der Waals surface area contributed by atoms with Gasteiger partial charge in [0.15, 0.2) is 0 Å². The summed E-state index contributed by atoms with van der Waals surface area (Å²) in [5.74, 6) is 1.24. The van der Waals surface area contributed by atoms with Crippen molar-refractivity contribution >= 4 is 16.6 Å². The van der Waals surface area contributed by atoms with Crippen molar-refractivity contribution in [3.8, 4) is 11.4 Å². The first-order valence-electron chi connectivity index (χ1n) is 12.0. The summed E-state index contributed by atoms with van der Waals surface area (Å²) in [6, 6.07) is 3.19. The Bertz CT molecular complexity index is 1150. The number of halogens is 1. The lowest BCUT2D eigenvalue weighted by atomic mass is 10.0. The van der Waals surface area contributed by atoms with E-state index >= 15 is 4.39 Å². The number of aryl methyl sites for hydroxylation is 2. The second-order valence-corrected chi connectivity index (χ2v) is 9.41. The molecule has 0 radical (unpaired) electrons. The van der Waals surface area contributed by atoms with Gasteiger partial charge in [0.25, 0.3) is 0 Å². The van der Waals surface area contributed by atoms with Crippen LogP contribution in [0.2, 0.25) is 0 Å². The number of hydrogen-bond donors (Lipinski definition) is 0. The number of hydrogen-bond acceptors (Lipinski definition) is 5. The Morgan fingerprint density at radius 1 is 1.09 bits per heavy atom. The van der Waals surface area contributed by atoms with Crippen LogP contribution in [0.25, 0.3) is 22.3 Å². The van der Waals surface area contributed by atoms with E-state index in [0.29, 0.717) is 28.0 Å². The SMILES string of the molecule is Cn1cc(-c2noc(CCC3CCCC3)n2)c(=O)c2cc(F)c(N3CCCCCC3)cc21. The Kier molecular flexibility index (Phi) is 5.98. The molecule has 0 bridgehead atoms. The average molecular weight is 439 g/mol. The maximum Gasteiger partial charge on any atom is 0.226 e. The highest BCUT2D eigenvalue weighted by molar-refractivity contribution is 5.86. The Hall–Kier alpha value is -2.70. The lowest BCUT2D eigenvalue weighted by molar-refractivity contribution is 0.362. The molecule has 0 spiro atoms. The molecule has 3 heterocycles. The van der Waals surface area contributed by atoms with Crippen LogP contribution in [0.15, 0.2) is 27.6 Å². The third-order valence-electron chi connectivity index (χ3n) is 7.15. The van der Waals surface area contributed by atoms with Crippen LogP contribution >= 0.6 is 0 Å². The molecule has 1 aliphatic heterocycles. The topological polar surface area (TPSA) is 64.2 Å². The predicted molar refractivity (Wildman–Crippen MR) is 123 cm³/mol. The largest absolute Gasteiger partial charge is 0.369 e. The zero-order valence-electron chi connectivity index (χ0n) is 18.8. The van der Waals surface area contributed by atoms with Crippen molar-refractivity contribution in [2.75, 3.05) is 18.0 Å². The van der Waals surface area contributed by atoms with Crippen molar-refractivity contribution in [1.82, 2.24) is 14.7 Å². The summed E-state index contributed by atoms with van der Waals surface area (Å²) in [7, 11) is 1.87. The first-order chi connectivity index (χ1) is 15.6. The summed E-state index contributed by atoms with van der Waals surface area (Å²) in [6.45, 7) is 1.70. The first kappa shape index (κ1) is 21.2. The third-order valence-corrected chi connectivity index (χ3v) is 7.15. The molecule has 2 aliphatic rings. The van der Waals surface area contributed by atoms with Gasteiger partial charge in [-0.3, -0.25) is 4.79 Å². The van der Waals surface area contributed by atoms with Gasteiger partial charge < -0.3 is 14.0 Å². The van der Waals surface area contributed by atoms with E-state index in [2.05, 4.69) is 15.0 Å². The van der Waals surface area contributed by atoms with Crippen LogP contribution in [-0.4, -0.2) is 27.8 Å². The van der Waals surface area contributed by atoms with Crippen LogP contribution in [0.1, 0.15) is 63.7 Å². The quantitative estimate of drug-likeness (QED) is 0.546.